The largest absolute Gasteiger partial charge is 0.311 e. The van der Waals surface area contributed by atoms with Gasteiger partial charge in [0.2, 0.25) is 0 Å². The van der Waals surface area contributed by atoms with Gasteiger partial charge in [-0.2, -0.15) is 5.10 Å². The Morgan fingerprint density at radius 1 is 1.04 bits per heavy atom. The summed E-state index contributed by atoms with van der Waals surface area (Å²) in [7, 11) is 0. The zero-order valence-electron chi connectivity index (χ0n) is 14.2. The van der Waals surface area contributed by atoms with E-state index >= 15 is 0 Å². The highest BCUT2D eigenvalue weighted by Crippen LogP contribution is 2.27. The van der Waals surface area contributed by atoms with Crippen LogP contribution in [0.4, 0.5) is 4.39 Å². The van der Waals surface area contributed by atoms with Gasteiger partial charge in [0, 0.05) is 18.5 Å². The van der Waals surface area contributed by atoms with Crippen molar-refractivity contribution >= 4 is 35.7 Å². The molecule has 0 bridgehead atoms. The Bertz CT molecular complexity index is 884. The molecule has 0 saturated carbocycles. The maximum absolute atomic E-state index is 13.6. The minimum absolute atomic E-state index is 0. The summed E-state index contributed by atoms with van der Waals surface area (Å²) in [6, 6.07) is 7.19. The molecule has 0 saturated heterocycles. The van der Waals surface area contributed by atoms with Gasteiger partial charge in [-0.3, -0.25) is 4.68 Å². The van der Waals surface area contributed by atoms with Crippen molar-refractivity contribution in [2.75, 3.05) is 6.54 Å². The maximum Gasteiger partial charge on any atom is 0.124 e. The van der Waals surface area contributed by atoms with E-state index < -0.39 is 0 Å². The number of aryl methyl sites for hydroxylation is 3. The fraction of sp³-hybridized carbons (Fsp3) is 0.333. The van der Waals surface area contributed by atoms with Crippen molar-refractivity contribution in [3.05, 3.63) is 46.9 Å². The van der Waals surface area contributed by atoms with Crippen LogP contribution in [0.15, 0.2) is 24.3 Å². The summed E-state index contributed by atoms with van der Waals surface area (Å²) in [4.78, 5) is 4.75. The molecule has 2 aromatic heterocycles. The summed E-state index contributed by atoms with van der Waals surface area (Å²) in [5.41, 5.74) is 5.65. The van der Waals surface area contributed by atoms with E-state index in [0.29, 0.717) is 0 Å². The third-order valence-electron chi connectivity index (χ3n) is 4.43. The molecule has 0 aliphatic carbocycles. The predicted octanol–water partition coefficient (Wildman–Crippen LogP) is 4.19. The molecule has 134 valence electrons. The standard InChI is InChI=1S/C18H19FN4.2ClH/c1-11-7-16(21-18-12(2)6-13(19)8-15(11)18)17-9-14-10-20-4-3-5-23(14)22-17;;/h6-9,20H,3-5,10H2,1-2H3;2*1H. The van der Waals surface area contributed by atoms with E-state index in [2.05, 4.69) is 16.1 Å². The van der Waals surface area contributed by atoms with Gasteiger partial charge in [-0.05, 0) is 62.2 Å². The van der Waals surface area contributed by atoms with Gasteiger partial charge >= 0.3 is 0 Å². The van der Waals surface area contributed by atoms with Crippen LogP contribution in [0.5, 0.6) is 0 Å². The molecule has 7 heteroatoms. The van der Waals surface area contributed by atoms with Gasteiger partial charge in [0.25, 0.3) is 0 Å². The molecule has 4 nitrogen and oxygen atoms in total. The highest BCUT2D eigenvalue weighted by Gasteiger charge is 2.15. The van der Waals surface area contributed by atoms with Gasteiger partial charge in [0.05, 0.1) is 16.9 Å². The summed E-state index contributed by atoms with van der Waals surface area (Å²) in [6.07, 6.45) is 1.08. The van der Waals surface area contributed by atoms with Crippen molar-refractivity contribution in [1.29, 1.82) is 0 Å². The molecular formula is C18H21Cl2FN4. The number of pyridine rings is 1. The predicted molar refractivity (Wildman–Crippen MR) is 103 cm³/mol. The molecule has 0 spiro atoms. The SMILES string of the molecule is Cc1cc(-c2cc3n(n2)CCCNC3)nc2c(C)cc(F)cc12.Cl.Cl. The topological polar surface area (TPSA) is 42.7 Å². The van der Waals surface area contributed by atoms with Gasteiger partial charge in [0.15, 0.2) is 0 Å². The summed E-state index contributed by atoms with van der Waals surface area (Å²) in [5.74, 6) is -0.215. The Balaban J connectivity index is 0.00000113. The second-order valence-corrected chi connectivity index (χ2v) is 6.22. The minimum atomic E-state index is -0.215. The van der Waals surface area contributed by atoms with Crippen LogP contribution >= 0.6 is 24.8 Å². The molecule has 0 amide bonds. The van der Waals surface area contributed by atoms with Crippen LogP contribution in [0.1, 0.15) is 23.2 Å². The average molecular weight is 383 g/mol. The van der Waals surface area contributed by atoms with E-state index in [1.807, 2.05) is 19.9 Å². The highest BCUT2D eigenvalue weighted by atomic mass is 35.5. The highest BCUT2D eigenvalue weighted by molar-refractivity contribution is 5.87. The molecule has 0 radical (unpaired) electrons. The first-order chi connectivity index (χ1) is 11.1. The lowest BCUT2D eigenvalue weighted by atomic mass is 10.0. The van der Waals surface area contributed by atoms with Crippen LogP contribution in [0.3, 0.4) is 0 Å². The average Bonchev–Trinajstić information content (AvgIpc) is 2.79. The number of hydrogen-bond acceptors (Lipinski definition) is 3. The summed E-state index contributed by atoms with van der Waals surface area (Å²) >= 11 is 0. The van der Waals surface area contributed by atoms with Crippen LogP contribution in [-0.2, 0) is 13.1 Å². The number of rotatable bonds is 1. The number of aromatic nitrogens is 3. The third kappa shape index (κ3) is 3.64. The van der Waals surface area contributed by atoms with Crippen molar-refractivity contribution in [2.45, 2.75) is 33.4 Å². The smallest absolute Gasteiger partial charge is 0.124 e. The number of halogens is 3. The molecule has 3 aromatic rings. The lowest BCUT2D eigenvalue weighted by Crippen LogP contribution is -2.11. The normalized spacial score (nSPS) is 13.6. The number of nitrogens with one attached hydrogen (secondary N) is 1. The molecule has 1 N–H and O–H groups in total. The minimum Gasteiger partial charge on any atom is -0.311 e. The molecule has 4 rings (SSSR count). The Kier molecular flexibility index (Phi) is 6.03. The fourth-order valence-electron chi connectivity index (χ4n) is 3.24. The van der Waals surface area contributed by atoms with Crippen LogP contribution in [0.25, 0.3) is 22.3 Å². The molecule has 0 unspecified atom stereocenters. The molecule has 1 aromatic carbocycles. The Hall–Kier alpha value is -1.69. The molecule has 1 aliphatic heterocycles. The van der Waals surface area contributed by atoms with Gasteiger partial charge < -0.3 is 5.32 Å². The van der Waals surface area contributed by atoms with Gasteiger partial charge in [-0.25, -0.2) is 9.37 Å². The molecule has 0 atom stereocenters. The second kappa shape index (κ2) is 7.68. The monoisotopic (exact) mass is 382 g/mol. The zero-order valence-corrected chi connectivity index (χ0v) is 15.8. The number of nitrogens with zero attached hydrogens (tertiary/aromatic N) is 3. The van der Waals surface area contributed by atoms with Gasteiger partial charge in [0.1, 0.15) is 11.5 Å². The van der Waals surface area contributed by atoms with E-state index in [-0.39, 0.29) is 30.6 Å². The van der Waals surface area contributed by atoms with E-state index in [9.17, 15) is 4.39 Å². The molecule has 25 heavy (non-hydrogen) atoms. The fourth-order valence-corrected chi connectivity index (χ4v) is 3.24. The molecule has 1 aliphatic rings. The lowest BCUT2D eigenvalue weighted by molar-refractivity contribution is 0.589. The van der Waals surface area contributed by atoms with Crippen molar-refractivity contribution in [3.63, 3.8) is 0 Å². The first kappa shape index (κ1) is 19.6. The van der Waals surface area contributed by atoms with Crippen molar-refractivity contribution in [2.24, 2.45) is 0 Å². The van der Waals surface area contributed by atoms with Crippen molar-refractivity contribution in [1.82, 2.24) is 20.1 Å². The van der Waals surface area contributed by atoms with Gasteiger partial charge in [-0.1, -0.05) is 0 Å². The van der Waals surface area contributed by atoms with Crippen LogP contribution in [-0.4, -0.2) is 21.3 Å². The molecular weight excluding hydrogens is 362 g/mol. The van der Waals surface area contributed by atoms with Gasteiger partial charge in [-0.15, -0.1) is 24.8 Å². The number of benzene rings is 1. The van der Waals surface area contributed by atoms with E-state index in [4.69, 9.17) is 10.1 Å². The summed E-state index contributed by atoms with van der Waals surface area (Å²) in [5, 5.41) is 8.99. The Morgan fingerprint density at radius 2 is 1.84 bits per heavy atom. The third-order valence-corrected chi connectivity index (χ3v) is 4.43. The Labute approximate surface area is 158 Å². The molecule has 0 fully saturated rings. The maximum atomic E-state index is 13.6. The van der Waals surface area contributed by atoms with Crippen molar-refractivity contribution in [3.8, 4) is 11.4 Å². The van der Waals surface area contributed by atoms with Crippen molar-refractivity contribution < 1.29 is 4.39 Å². The first-order valence-corrected chi connectivity index (χ1v) is 7.97. The lowest BCUT2D eigenvalue weighted by Gasteiger charge is -2.08. The van der Waals surface area contributed by atoms with Crippen LogP contribution in [0, 0.1) is 19.7 Å². The number of fused-ring (bicyclic) bond motifs is 2. The van der Waals surface area contributed by atoms with Crippen LogP contribution < -0.4 is 5.32 Å². The molecule has 3 heterocycles. The first-order valence-electron chi connectivity index (χ1n) is 7.97. The Morgan fingerprint density at radius 3 is 2.64 bits per heavy atom. The number of hydrogen-bond donors (Lipinski definition) is 1. The summed E-state index contributed by atoms with van der Waals surface area (Å²) < 4.78 is 15.7. The van der Waals surface area contributed by atoms with E-state index in [1.165, 1.54) is 11.8 Å². The van der Waals surface area contributed by atoms with E-state index in [1.54, 1.807) is 6.07 Å². The zero-order chi connectivity index (χ0) is 16.0. The van der Waals surface area contributed by atoms with E-state index in [0.717, 1.165) is 59.5 Å². The quantitative estimate of drug-likeness (QED) is 0.685. The summed E-state index contributed by atoms with van der Waals surface area (Å²) in [6.45, 7) is 6.68. The second-order valence-electron chi connectivity index (χ2n) is 6.22. The van der Waals surface area contributed by atoms with Crippen LogP contribution in [0.2, 0.25) is 0 Å².